The second kappa shape index (κ2) is 11.1. The van der Waals surface area contributed by atoms with Gasteiger partial charge in [0.15, 0.2) is 0 Å². The van der Waals surface area contributed by atoms with Crippen LogP contribution in [0.25, 0.3) is 0 Å². The first-order valence-corrected chi connectivity index (χ1v) is 12.0. The van der Waals surface area contributed by atoms with Crippen LogP contribution in [-0.2, 0) is 20.9 Å². The number of terminal acetylenes is 1. The average Bonchev–Trinajstić information content (AvgIpc) is 2.89. The number of nitrogens with one attached hydrogen (secondary N) is 1. The maximum absolute atomic E-state index is 13.6. The lowest BCUT2D eigenvalue weighted by atomic mass is 9.99. The molecule has 10 nitrogen and oxygen atoms in total. The molecule has 4 rings (SSSR count). The summed E-state index contributed by atoms with van der Waals surface area (Å²) in [7, 11) is 0. The van der Waals surface area contributed by atoms with E-state index in [-0.39, 0.29) is 26.2 Å². The molecule has 2 aliphatic rings. The number of rotatable bonds is 7. The Morgan fingerprint density at radius 1 is 1.11 bits per heavy atom. The zero-order valence-electron chi connectivity index (χ0n) is 20.5. The van der Waals surface area contributed by atoms with Gasteiger partial charge in [0, 0.05) is 6.54 Å². The van der Waals surface area contributed by atoms with Crippen molar-refractivity contribution < 1.29 is 24.3 Å². The van der Waals surface area contributed by atoms with Crippen molar-refractivity contribution in [2.45, 2.75) is 38.1 Å². The molecule has 2 aliphatic heterocycles. The fraction of sp³-hybridized carbons (Fsp3) is 0.333. The zero-order valence-corrected chi connectivity index (χ0v) is 20.5. The van der Waals surface area contributed by atoms with Crippen LogP contribution < -0.4 is 5.32 Å². The highest BCUT2D eigenvalue weighted by atomic mass is 16.4. The van der Waals surface area contributed by atoms with E-state index in [1.807, 2.05) is 67.6 Å². The van der Waals surface area contributed by atoms with E-state index >= 15 is 0 Å². The van der Waals surface area contributed by atoms with Gasteiger partial charge in [0.2, 0.25) is 11.8 Å². The molecule has 2 aromatic rings. The number of hydrogen-bond acceptors (Lipinski definition) is 5. The number of carboxylic acid groups (broad SMARTS) is 1. The van der Waals surface area contributed by atoms with Crippen LogP contribution in [0.3, 0.4) is 0 Å². The van der Waals surface area contributed by atoms with Crippen molar-refractivity contribution in [3.8, 4) is 12.3 Å². The van der Waals surface area contributed by atoms with Crippen LogP contribution in [-0.4, -0.2) is 80.6 Å². The largest absolute Gasteiger partial charge is 0.481 e. The van der Waals surface area contributed by atoms with Gasteiger partial charge in [-0.05, 0) is 18.1 Å². The lowest BCUT2D eigenvalue weighted by molar-refractivity contribution is -0.192. The maximum Gasteiger partial charge on any atom is 0.334 e. The molecule has 2 fully saturated rings. The third-order valence-electron chi connectivity index (χ3n) is 6.66. The summed E-state index contributed by atoms with van der Waals surface area (Å²) in [5.41, 5.74) is 1.73. The summed E-state index contributed by atoms with van der Waals surface area (Å²) in [4.78, 5) is 54.9. The summed E-state index contributed by atoms with van der Waals surface area (Å²) in [5.74, 6) is 0.333. The highest BCUT2D eigenvalue weighted by Crippen LogP contribution is 2.32. The van der Waals surface area contributed by atoms with E-state index in [0.717, 1.165) is 11.1 Å². The second-order valence-corrected chi connectivity index (χ2v) is 8.99. The molecular weight excluding hydrogens is 474 g/mol. The van der Waals surface area contributed by atoms with Crippen molar-refractivity contribution in [1.29, 1.82) is 0 Å². The lowest BCUT2D eigenvalue weighted by Crippen LogP contribution is -2.76. The molecular formula is C27H29N5O5. The van der Waals surface area contributed by atoms with Gasteiger partial charge in [-0.15, -0.1) is 6.42 Å². The minimum Gasteiger partial charge on any atom is -0.481 e. The molecule has 0 saturated carbocycles. The van der Waals surface area contributed by atoms with Crippen LogP contribution >= 0.6 is 0 Å². The van der Waals surface area contributed by atoms with Crippen LogP contribution in [0.1, 0.15) is 30.5 Å². The van der Waals surface area contributed by atoms with Gasteiger partial charge in [-0.1, -0.05) is 66.6 Å². The third-order valence-corrected chi connectivity index (χ3v) is 6.66. The van der Waals surface area contributed by atoms with Gasteiger partial charge in [0.05, 0.1) is 32.1 Å². The van der Waals surface area contributed by atoms with Gasteiger partial charge in [0.1, 0.15) is 12.2 Å². The fourth-order valence-corrected chi connectivity index (χ4v) is 4.88. The number of carbonyl (C=O) groups is 4. The Labute approximate surface area is 215 Å². The first-order valence-electron chi connectivity index (χ1n) is 12.0. The second-order valence-electron chi connectivity index (χ2n) is 8.99. The van der Waals surface area contributed by atoms with Gasteiger partial charge in [-0.3, -0.25) is 14.4 Å². The van der Waals surface area contributed by atoms with Gasteiger partial charge < -0.3 is 20.2 Å². The Hall–Kier alpha value is -4.36. The lowest BCUT2D eigenvalue weighted by Gasteiger charge is -2.55. The van der Waals surface area contributed by atoms with Crippen molar-refractivity contribution in [1.82, 2.24) is 25.1 Å². The highest BCUT2D eigenvalue weighted by Gasteiger charge is 2.52. The molecule has 0 bridgehead atoms. The number of benzene rings is 2. The number of urea groups is 1. The number of hydrazine groups is 1. The number of piperazine rings is 1. The van der Waals surface area contributed by atoms with Crippen LogP contribution in [0, 0.1) is 12.3 Å². The van der Waals surface area contributed by atoms with Gasteiger partial charge >= 0.3 is 12.0 Å². The molecule has 0 aromatic heterocycles. The predicted molar refractivity (Wildman–Crippen MR) is 134 cm³/mol. The van der Waals surface area contributed by atoms with E-state index in [2.05, 4.69) is 11.2 Å². The van der Waals surface area contributed by atoms with Crippen molar-refractivity contribution in [3.05, 3.63) is 71.8 Å². The summed E-state index contributed by atoms with van der Waals surface area (Å²) in [5, 5.41) is 15.3. The van der Waals surface area contributed by atoms with Crippen LogP contribution in [0.4, 0.5) is 4.79 Å². The van der Waals surface area contributed by atoms with E-state index in [4.69, 9.17) is 6.42 Å². The summed E-state index contributed by atoms with van der Waals surface area (Å²) in [6, 6.07) is 16.5. The Morgan fingerprint density at radius 3 is 2.38 bits per heavy atom. The normalized spacial score (nSPS) is 20.7. The summed E-state index contributed by atoms with van der Waals surface area (Å²) >= 11 is 0. The molecule has 192 valence electrons. The van der Waals surface area contributed by atoms with Crippen molar-refractivity contribution >= 4 is 23.8 Å². The van der Waals surface area contributed by atoms with E-state index in [1.165, 1.54) is 19.8 Å². The Kier molecular flexibility index (Phi) is 7.74. The molecule has 3 atom stereocenters. The van der Waals surface area contributed by atoms with Gasteiger partial charge in [-0.2, -0.15) is 5.01 Å². The Bertz CT molecular complexity index is 1200. The van der Waals surface area contributed by atoms with Gasteiger partial charge in [0.25, 0.3) is 0 Å². The minimum atomic E-state index is -1.26. The Morgan fingerprint density at radius 2 is 1.76 bits per heavy atom. The summed E-state index contributed by atoms with van der Waals surface area (Å²) < 4.78 is 0. The molecule has 2 saturated heterocycles. The SMILES string of the molecule is C#CCN1CC(=O)N2[C@@H](CC(=O)O)C(=O)N([C@@H](C)c3ccccc3)C[C@@H]2N1C(=O)NCc1ccccc1. The molecule has 37 heavy (non-hydrogen) atoms. The quantitative estimate of drug-likeness (QED) is 0.556. The molecule has 2 heterocycles. The van der Waals surface area contributed by atoms with E-state index in [9.17, 15) is 24.3 Å². The Balaban J connectivity index is 1.69. The maximum atomic E-state index is 13.6. The first-order chi connectivity index (χ1) is 17.8. The standard InChI is InChI=1S/C27H29N5O5/c1-3-14-29-18-24(33)31-22(15-25(34)35)26(36)30(19(2)21-12-8-5-9-13-21)17-23(31)32(29)27(37)28-16-20-10-6-4-7-11-20/h1,4-13,19,22-23H,14-18H2,2H3,(H,28,37)(H,34,35)/t19-,22-,23-/m0/s1. The number of aliphatic carboxylic acids is 1. The molecule has 10 heteroatoms. The number of hydrogen-bond donors (Lipinski definition) is 2. The molecule has 0 unspecified atom stereocenters. The van der Waals surface area contributed by atoms with Crippen LogP contribution in [0.5, 0.6) is 0 Å². The number of carboxylic acids is 1. The number of fused-ring (bicyclic) bond motifs is 1. The minimum absolute atomic E-state index is 0.00339. The van der Waals surface area contributed by atoms with E-state index in [0.29, 0.717) is 0 Å². The summed E-state index contributed by atoms with van der Waals surface area (Å²) in [6.45, 7) is 1.81. The number of carbonyl (C=O) groups excluding carboxylic acids is 3. The highest BCUT2D eigenvalue weighted by molar-refractivity contribution is 5.94. The zero-order chi connectivity index (χ0) is 26.5. The number of amides is 4. The van der Waals surface area contributed by atoms with Crippen molar-refractivity contribution in [2.24, 2.45) is 0 Å². The van der Waals surface area contributed by atoms with Crippen molar-refractivity contribution in [3.63, 3.8) is 0 Å². The molecule has 2 N–H and O–H groups in total. The fourth-order valence-electron chi connectivity index (χ4n) is 4.88. The van der Waals surface area contributed by atoms with Crippen molar-refractivity contribution in [2.75, 3.05) is 19.6 Å². The van der Waals surface area contributed by atoms with Gasteiger partial charge in [-0.25, -0.2) is 9.80 Å². The smallest absolute Gasteiger partial charge is 0.334 e. The molecule has 4 amide bonds. The predicted octanol–water partition coefficient (Wildman–Crippen LogP) is 1.66. The summed E-state index contributed by atoms with van der Waals surface area (Å²) in [6.07, 6.45) is 4.04. The molecule has 0 spiro atoms. The molecule has 0 radical (unpaired) electrons. The molecule has 0 aliphatic carbocycles. The monoisotopic (exact) mass is 503 g/mol. The topological polar surface area (TPSA) is 114 Å². The average molecular weight is 504 g/mol. The van der Waals surface area contributed by atoms with E-state index in [1.54, 1.807) is 0 Å². The van der Waals surface area contributed by atoms with E-state index < -0.39 is 48.5 Å². The number of nitrogens with zero attached hydrogens (tertiary/aromatic N) is 4. The van der Waals surface area contributed by atoms with Crippen LogP contribution in [0.2, 0.25) is 0 Å². The first kappa shape index (κ1) is 25.7. The molecule has 2 aromatic carbocycles. The third kappa shape index (κ3) is 5.42. The van der Waals surface area contributed by atoms with Crippen LogP contribution in [0.15, 0.2) is 60.7 Å².